The molecule has 0 saturated carbocycles. The molecule has 0 aliphatic heterocycles. The molecule has 5 nitrogen and oxygen atoms in total. The number of benzene rings is 1. The van der Waals surface area contributed by atoms with Crippen molar-refractivity contribution in [1.82, 2.24) is 5.43 Å². The van der Waals surface area contributed by atoms with Crippen LogP contribution in [0.5, 0.6) is 11.5 Å². The van der Waals surface area contributed by atoms with Crippen molar-refractivity contribution in [3.63, 3.8) is 0 Å². The average Bonchev–Trinajstić information content (AvgIpc) is 2.71. The van der Waals surface area contributed by atoms with Gasteiger partial charge in [-0.1, -0.05) is 71.1 Å². The number of carbonyl (C=O) groups excluding carboxylic acids is 1. The summed E-state index contributed by atoms with van der Waals surface area (Å²) in [6, 6.07) is 5.45. The number of unbranched alkanes of at least 4 members (excludes halogenated alkanes) is 10. The molecule has 0 heterocycles. The van der Waals surface area contributed by atoms with Crippen LogP contribution in [0.25, 0.3) is 0 Å². The summed E-state index contributed by atoms with van der Waals surface area (Å²) in [6.07, 6.45) is 16.1. The summed E-state index contributed by atoms with van der Waals surface area (Å²) in [5, 5.41) is 4.04. The van der Waals surface area contributed by atoms with Crippen LogP contribution in [0.15, 0.2) is 23.3 Å². The van der Waals surface area contributed by atoms with Crippen LogP contribution in [0.4, 0.5) is 0 Å². The molecule has 0 atom stereocenters. The molecule has 1 aromatic carbocycles. The number of hydrogen-bond acceptors (Lipinski definition) is 4. The van der Waals surface area contributed by atoms with Crippen LogP contribution in [0, 0.1) is 0 Å². The number of methoxy groups -OCH3 is 2. The van der Waals surface area contributed by atoms with Gasteiger partial charge in [-0.2, -0.15) is 5.10 Å². The number of nitrogens with zero attached hydrogens (tertiary/aromatic N) is 1. The van der Waals surface area contributed by atoms with E-state index in [1.54, 1.807) is 20.4 Å². The molecular weight excluding hydrogens is 352 g/mol. The van der Waals surface area contributed by atoms with Crippen molar-refractivity contribution in [3.8, 4) is 11.5 Å². The highest BCUT2D eigenvalue weighted by molar-refractivity contribution is 5.85. The molecular formula is C23H38N2O3. The van der Waals surface area contributed by atoms with Gasteiger partial charge in [0.25, 0.3) is 0 Å². The quantitative estimate of drug-likeness (QED) is 0.219. The smallest absolute Gasteiger partial charge is 0.240 e. The Balaban J connectivity index is 2.10. The van der Waals surface area contributed by atoms with Crippen molar-refractivity contribution in [2.24, 2.45) is 5.10 Å². The van der Waals surface area contributed by atoms with Gasteiger partial charge < -0.3 is 9.47 Å². The Bertz CT molecular complexity index is 573. The van der Waals surface area contributed by atoms with E-state index in [9.17, 15) is 4.79 Å². The van der Waals surface area contributed by atoms with Gasteiger partial charge >= 0.3 is 0 Å². The van der Waals surface area contributed by atoms with Crippen LogP contribution in [0.2, 0.25) is 0 Å². The second-order valence-electron chi connectivity index (χ2n) is 7.19. The summed E-state index contributed by atoms with van der Waals surface area (Å²) < 4.78 is 10.5. The Kier molecular flexibility index (Phi) is 13.7. The van der Waals surface area contributed by atoms with Crippen LogP contribution in [0.1, 0.15) is 89.5 Å². The van der Waals surface area contributed by atoms with Gasteiger partial charge in [0.15, 0.2) is 0 Å². The molecule has 0 spiro atoms. The lowest BCUT2D eigenvalue weighted by molar-refractivity contribution is -0.121. The molecule has 0 radical (unpaired) electrons. The monoisotopic (exact) mass is 390 g/mol. The normalized spacial score (nSPS) is 11.0. The Hall–Kier alpha value is -2.04. The van der Waals surface area contributed by atoms with Crippen LogP contribution < -0.4 is 14.9 Å². The first kappa shape index (κ1) is 24.0. The summed E-state index contributed by atoms with van der Waals surface area (Å²) in [5.41, 5.74) is 3.35. The molecule has 1 rings (SSSR count). The minimum Gasteiger partial charge on any atom is -0.497 e. The van der Waals surface area contributed by atoms with Gasteiger partial charge in [0.1, 0.15) is 11.5 Å². The van der Waals surface area contributed by atoms with Crippen LogP contribution in [0.3, 0.4) is 0 Å². The van der Waals surface area contributed by atoms with E-state index in [2.05, 4.69) is 17.5 Å². The second-order valence-corrected chi connectivity index (χ2v) is 7.19. The SMILES string of the molecule is CCCCCCCCCCCCCC(=O)N/N=C/c1cc(OC)ccc1OC. The maximum atomic E-state index is 11.9. The van der Waals surface area contributed by atoms with Gasteiger partial charge in [-0.05, 0) is 24.6 Å². The van der Waals surface area contributed by atoms with Crippen molar-refractivity contribution >= 4 is 12.1 Å². The van der Waals surface area contributed by atoms with E-state index >= 15 is 0 Å². The number of ether oxygens (including phenoxy) is 2. The molecule has 0 unspecified atom stereocenters. The fourth-order valence-electron chi connectivity index (χ4n) is 3.12. The minimum absolute atomic E-state index is 0.0472. The van der Waals surface area contributed by atoms with E-state index in [4.69, 9.17) is 9.47 Å². The van der Waals surface area contributed by atoms with E-state index in [1.165, 1.54) is 57.8 Å². The lowest BCUT2D eigenvalue weighted by Gasteiger charge is -2.06. The molecule has 1 amide bonds. The second kappa shape index (κ2) is 16.0. The van der Waals surface area contributed by atoms with Gasteiger partial charge in [0, 0.05) is 12.0 Å². The zero-order valence-electron chi connectivity index (χ0n) is 18.0. The number of hydrazone groups is 1. The summed E-state index contributed by atoms with van der Waals surface area (Å²) in [7, 11) is 3.21. The molecule has 5 heteroatoms. The van der Waals surface area contributed by atoms with E-state index in [-0.39, 0.29) is 5.91 Å². The predicted molar refractivity (Wildman–Crippen MR) is 116 cm³/mol. The molecule has 0 bridgehead atoms. The number of amides is 1. The van der Waals surface area contributed by atoms with Gasteiger partial charge in [-0.15, -0.1) is 0 Å². The van der Waals surface area contributed by atoms with Crippen LogP contribution in [-0.2, 0) is 4.79 Å². The number of nitrogens with one attached hydrogen (secondary N) is 1. The third-order valence-corrected chi connectivity index (χ3v) is 4.84. The molecule has 1 N–H and O–H groups in total. The number of hydrogen-bond donors (Lipinski definition) is 1. The van der Waals surface area contributed by atoms with Gasteiger partial charge in [0.05, 0.1) is 20.4 Å². The van der Waals surface area contributed by atoms with Crippen molar-refractivity contribution < 1.29 is 14.3 Å². The molecule has 1 aromatic rings. The molecule has 0 aliphatic rings. The third kappa shape index (κ3) is 11.0. The summed E-state index contributed by atoms with van der Waals surface area (Å²) in [4.78, 5) is 11.9. The van der Waals surface area contributed by atoms with Crippen LogP contribution in [-0.4, -0.2) is 26.3 Å². The first-order valence-electron chi connectivity index (χ1n) is 10.7. The van der Waals surface area contributed by atoms with Crippen LogP contribution >= 0.6 is 0 Å². The molecule has 0 fully saturated rings. The highest BCUT2D eigenvalue weighted by Gasteiger charge is 2.03. The molecule has 28 heavy (non-hydrogen) atoms. The summed E-state index contributed by atoms with van der Waals surface area (Å²) in [6.45, 7) is 2.25. The first-order chi connectivity index (χ1) is 13.7. The fourth-order valence-corrected chi connectivity index (χ4v) is 3.12. The summed E-state index contributed by atoms with van der Waals surface area (Å²) >= 11 is 0. The highest BCUT2D eigenvalue weighted by atomic mass is 16.5. The molecule has 0 saturated heterocycles. The topological polar surface area (TPSA) is 59.9 Å². The Morgan fingerprint density at radius 2 is 1.54 bits per heavy atom. The molecule has 0 aromatic heterocycles. The predicted octanol–water partition coefficient (Wildman–Crippen LogP) is 5.86. The van der Waals surface area contributed by atoms with E-state index in [1.807, 2.05) is 18.2 Å². The maximum Gasteiger partial charge on any atom is 0.240 e. The van der Waals surface area contributed by atoms with Crippen molar-refractivity contribution in [3.05, 3.63) is 23.8 Å². The lowest BCUT2D eigenvalue weighted by atomic mass is 10.1. The maximum absolute atomic E-state index is 11.9. The fraction of sp³-hybridized carbons (Fsp3) is 0.652. The van der Waals surface area contributed by atoms with Gasteiger partial charge in [0.2, 0.25) is 5.91 Å². The van der Waals surface area contributed by atoms with E-state index in [0.29, 0.717) is 12.2 Å². The molecule has 0 aliphatic carbocycles. The average molecular weight is 391 g/mol. The van der Waals surface area contributed by atoms with Crippen molar-refractivity contribution in [2.75, 3.05) is 14.2 Å². The lowest BCUT2D eigenvalue weighted by Crippen LogP contribution is -2.17. The highest BCUT2D eigenvalue weighted by Crippen LogP contribution is 2.22. The summed E-state index contributed by atoms with van der Waals surface area (Å²) in [5.74, 6) is 1.35. The standard InChI is InChI=1S/C23H38N2O3/c1-4-5-6-7-8-9-10-11-12-13-14-15-23(26)25-24-19-20-18-21(27-2)16-17-22(20)28-3/h16-19H,4-15H2,1-3H3,(H,25,26)/b24-19+. The number of rotatable bonds is 16. The van der Waals surface area contributed by atoms with E-state index in [0.717, 1.165) is 24.2 Å². The first-order valence-corrected chi connectivity index (χ1v) is 10.7. The number of carbonyl (C=O) groups is 1. The van der Waals surface area contributed by atoms with Crippen molar-refractivity contribution in [2.45, 2.75) is 84.0 Å². The molecule has 158 valence electrons. The Morgan fingerprint density at radius 3 is 2.11 bits per heavy atom. The Morgan fingerprint density at radius 1 is 0.929 bits per heavy atom. The van der Waals surface area contributed by atoms with E-state index < -0.39 is 0 Å². The minimum atomic E-state index is -0.0472. The zero-order chi connectivity index (χ0) is 20.5. The Labute approximate surface area is 170 Å². The largest absolute Gasteiger partial charge is 0.497 e. The van der Waals surface area contributed by atoms with Gasteiger partial charge in [-0.3, -0.25) is 4.79 Å². The van der Waals surface area contributed by atoms with Gasteiger partial charge in [-0.25, -0.2) is 5.43 Å². The zero-order valence-corrected chi connectivity index (χ0v) is 18.0. The third-order valence-electron chi connectivity index (χ3n) is 4.84. The van der Waals surface area contributed by atoms with Crippen molar-refractivity contribution in [1.29, 1.82) is 0 Å².